The molecule has 30 heavy (non-hydrogen) atoms. The Kier molecular flexibility index (Phi) is 3.75. The van der Waals surface area contributed by atoms with Crippen molar-refractivity contribution in [3.63, 3.8) is 0 Å². The standard InChI is InChI=1S/C24H22N4O2/c1-3-20-25-18-12-29-19-10-14(6-8-17(19)22(18)26-20)13-5-7-16-15(9-13)11-30-24-23(16)27-21(4-2)28-24/h5-10H,3-4,11-12H2,1-2H3,(H,25,26)(H,27,28). The lowest BCUT2D eigenvalue weighted by molar-refractivity contribution is 0.291. The van der Waals surface area contributed by atoms with Gasteiger partial charge in [-0.2, -0.15) is 4.98 Å². The summed E-state index contributed by atoms with van der Waals surface area (Å²) in [7, 11) is 0. The zero-order valence-electron chi connectivity index (χ0n) is 17.0. The quantitative estimate of drug-likeness (QED) is 0.507. The van der Waals surface area contributed by atoms with E-state index >= 15 is 0 Å². The number of ether oxygens (including phenoxy) is 2. The first-order chi connectivity index (χ1) is 14.7. The van der Waals surface area contributed by atoms with E-state index in [-0.39, 0.29) is 0 Å². The van der Waals surface area contributed by atoms with Crippen LogP contribution in [0.25, 0.3) is 33.6 Å². The number of hydrogen-bond donors (Lipinski definition) is 2. The number of nitrogens with one attached hydrogen (secondary N) is 2. The van der Waals surface area contributed by atoms with Crippen molar-refractivity contribution in [2.75, 3.05) is 0 Å². The van der Waals surface area contributed by atoms with Crippen LogP contribution in [0.2, 0.25) is 0 Å². The van der Waals surface area contributed by atoms with E-state index in [1.54, 1.807) is 0 Å². The van der Waals surface area contributed by atoms with Crippen LogP contribution in [0, 0.1) is 0 Å². The smallest absolute Gasteiger partial charge is 0.240 e. The van der Waals surface area contributed by atoms with Gasteiger partial charge in [0.05, 0.1) is 11.4 Å². The van der Waals surface area contributed by atoms with E-state index in [0.717, 1.165) is 75.1 Å². The molecule has 0 saturated heterocycles. The molecule has 0 amide bonds. The van der Waals surface area contributed by atoms with Crippen LogP contribution in [0.5, 0.6) is 11.6 Å². The second kappa shape index (κ2) is 6.49. The molecular weight excluding hydrogens is 376 g/mol. The Hall–Kier alpha value is -3.54. The zero-order valence-corrected chi connectivity index (χ0v) is 17.0. The fraction of sp³-hybridized carbons (Fsp3) is 0.250. The Bertz CT molecular complexity index is 1180. The van der Waals surface area contributed by atoms with E-state index in [2.05, 4.69) is 65.2 Å². The molecule has 2 aliphatic heterocycles. The molecule has 0 atom stereocenters. The number of aromatic amines is 2. The lowest BCUT2D eigenvalue weighted by Gasteiger charge is -2.19. The van der Waals surface area contributed by atoms with Gasteiger partial charge in [0.15, 0.2) is 0 Å². The van der Waals surface area contributed by atoms with Crippen LogP contribution in [0.1, 0.15) is 36.8 Å². The maximum atomic E-state index is 6.03. The minimum Gasteiger partial charge on any atom is -0.487 e. The fourth-order valence-corrected chi connectivity index (χ4v) is 4.27. The van der Waals surface area contributed by atoms with Gasteiger partial charge in [-0.3, -0.25) is 0 Å². The molecule has 2 aromatic carbocycles. The molecule has 0 radical (unpaired) electrons. The van der Waals surface area contributed by atoms with Crippen LogP contribution in [0.4, 0.5) is 0 Å². The second-order valence-corrected chi connectivity index (χ2v) is 7.74. The Labute approximate surface area is 174 Å². The molecule has 6 heteroatoms. The molecule has 0 saturated carbocycles. The first-order valence-corrected chi connectivity index (χ1v) is 10.4. The Morgan fingerprint density at radius 3 is 2.43 bits per heavy atom. The number of fused-ring (bicyclic) bond motifs is 6. The molecule has 2 aromatic heterocycles. The predicted octanol–water partition coefficient (Wildman–Crippen LogP) is 5.04. The summed E-state index contributed by atoms with van der Waals surface area (Å²) in [4.78, 5) is 16.0. The van der Waals surface area contributed by atoms with Crippen LogP contribution in [-0.4, -0.2) is 19.9 Å². The van der Waals surface area contributed by atoms with Crippen molar-refractivity contribution in [1.29, 1.82) is 0 Å². The van der Waals surface area contributed by atoms with Gasteiger partial charge in [-0.1, -0.05) is 32.0 Å². The molecule has 4 aromatic rings. The fourth-order valence-electron chi connectivity index (χ4n) is 4.27. The molecule has 0 fully saturated rings. The third-order valence-electron chi connectivity index (χ3n) is 5.90. The average molecular weight is 398 g/mol. The lowest BCUT2D eigenvalue weighted by atomic mass is 9.95. The monoisotopic (exact) mass is 398 g/mol. The summed E-state index contributed by atoms with van der Waals surface area (Å²) in [5, 5.41) is 0. The van der Waals surface area contributed by atoms with Gasteiger partial charge in [0, 0.05) is 24.0 Å². The van der Waals surface area contributed by atoms with Gasteiger partial charge < -0.3 is 19.4 Å². The molecule has 150 valence electrons. The molecular formula is C24H22N4O2. The number of imidazole rings is 2. The summed E-state index contributed by atoms with van der Waals surface area (Å²) in [6.07, 6.45) is 1.74. The van der Waals surface area contributed by atoms with Gasteiger partial charge >= 0.3 is 0 Å². The zero-order chi connectivity index (χ0) is 20.2. The molecule has 0 bridgehead atoms. The van der Waals surface area contributed by atoms with E-state index in [9.17, 15) is 0 Å². The largest absolute Gasteiger partial charge is 0.487 e. The van der Waals surface area contributed by atoms with Crippen molar-refractivity contribution in [3.05, 3.63) is 59.3 Å². The van der Waals surface area contributed by atoms with Gasteiger partial charge in [0.2, 0.25) is 5.88 Å². The topological polar surface area (TPSA) is 75.8 Å². The highest BCUT2D eigenvalue weighted by Gasteiger charge is 2.24. The predicted molar refractivity (Wildman–Crippen MR) is 114 cm³/mol. The van der Waals surface area contributed by atoms with Crippen LogP contribution in [-0.2, 0) is 26.1 Å². The van der Waals surface area contributed by atoms with Gasteiger partial charge in [-0.25, -0.2) is 4.98 Å². The van der Waals surface area contributed by atoms with E-state index < -0.39 is 0 Å². The molecule has 4 heterocycles. The van der Waals surface area contributed by atoms with Gasteiger partial charge in [0.25, 0.3) is 0 Å². The minimum absolute atomic E-state index is 0.527. The molecule has 2 N–H and O–H groups in total. The van der Waals surface area contributed by atoms with E-state index in [1.807, 2.05) is 0 Å². The highest BCUT2D eigenvalue weighted by molar-refractivity contribution is 5.79. The molecule has 2 aliphatic rings. The van der Waals surface area contributed by atoms with Crippen molar-refractivity contribution in [2.24, 2.45) is 0 Å². The highest BCUT2D eigenvalue weighted by Crippen LogP contribution is 2.41. The minimum atomic E-state index is 0.527. The van der Waals surface area contributed by atoms with E-state index in [0.29, 0.717) is 19.1 Å². The maximum absolute atomic E-state index is 6.03. The van der Waals surface area contributed by atoms with Gasteiger partial charge in [0.1, 0.15) is 36.3 Å². The van der Waals surface area contributed by atoms with Crippen LogP contribution >= 0.6 is 0 Å². The van der Waals surface area contributed by atoms with Crippen LogP contribution in [0.3, 0.4) is 0 Å². The summed E-state index contributed by atoms with van der Waals surface area (Å²) >= 11 is 0. The summed E-state index contributed by atoms with van der Waals surface area (Å²) in [6, 6.07) is 12.9. The summed E-state index contributed by atoms with van der Waals surface area (Å²) in [5.74, 6) is 3.54. The average Bonchev–Trinajstić information content (AvgIpc) is 3.42. The lowest BCUT2D eigenvalue weighted by Crippen LogP contribution is -2.06. The highest BCUT2D eigenvalue weighted by atomic mass is 16.5. The number of hydrogen-bond acceptors (Lipinski definition) is 4. The second-order valence-electron chi connectivity index (χ2n) is 7.74. The Balaban J connectivity index is 1.38. The Morgan fingerprint density at radius 1 is 0.833 bits per heavy atom. The van der Waals surface area contributed by atoms with Gasteiger partial charge in [-0.05, 0) is 34.9 Å². The molecule has 6 nitrogen and oxygen atoms in total. The van der Waals surface area contributed by atoms with Crippen LogP contribution < -0.4 is 9.47 Å². The van der Waals surface area contributed by atoms with Gasteiger partial charge in [-0.15, -0.1) is 0 Å². The SMILES string of the molecule is CCc1nc2c([nH]1)COc1cc(-c3ccc4c(c3)COc3nc(CC)[nH]c3-4)ccc1-2. The normalized spacial score (nSPS) is 13.5. The first-order valence-electron chi connectivity index (χ1n) is 10.4. The summed E-state index contributed by atoms with van der Waals surface area (Å²) in [6.45, 7) is 5.24. The number of H-pyrrole nitrogens is 2. The molecule has 0 unspecified atom stereocenters. The molecule has 0 spiro atoms. The third kappa shape index (κ3) is 2.56. The third-order valence-corrected chi connectivity index (χ3v) is 5.90. The summed E-state index contributed by atoms with van der Waals surface area (Å²) < 4.78 is 11.9. The number of aromatic nitrogens is 4. The number of nitrogens with zero attached hydrogens (tertiary/aromatic N) is 2. The molecule has 0 aliphatic carbocycles. The van der Waals surface area contributed by atoms with Crippen molar-refractivity contribution in [3.8, 4) is 45.3 Å². The van der Waals surface area contributed by atoms with Crippen molar-refractivity contribution in [1.82, 2.24) is 19.9 Å². The number of aryl methyl sites for hydroxylation is 2. The summed E-state index contributed by atoms with van der Waals surface area (Å²) in [5.41, 5.74) is 8.68. The van der Waals surface area contributed by atoms with E-state index in [4.69, 9.17) is 14.5 Å². The first kappa shape index (κ1) is 17.3. The van der Waals surface area contributed by atoms with Crippen molar-refractivity contribution in [2.45, 2.75) is 39.9 Å². The van der Waals surface area contributed by atoms with Crippen molar-refractivity contribution >= 4 is 0 Å². The maximum Gasteiger partial charge on any atom is 0.240 e. The number of benzene rings is 2. The Morgan fingerprint density at radius 2 is 1.60 bits per heavy atom. The van der Waals surface area contributed by atoms with Crippen molar-refractivity contribution < 1.29 is 9.47 Å². The van der Waals surface area contributed by atoms with Crippen LogP contribution in [0.15, 0.2) is 36.4 Å². The van der Waals surface area contributed by atoms with E-state index in [1.165, 1.54) is 0 Å². The number of rotatable bonds is 3. The molecule has 6 rings (SSSR count).